The van der Waals surface area contributed by atoms with Gasteiger partial charge in [0.25, 0.3) is 0 Å². The van der Waals surface area contributed by atoms with Crippen molar-refractivity contribution in [3.05, 3.63) is 90.2 Å². The quantitative estimate of drug-likeness (QED) is 0.247. The molecule has 3 N–H and O–H groups in total. The summed E-state index contributed by atoms with van der Waals surface area (Å²) in [4.78, 5) is 30.0. The lowest BCUT2D eigenvalue weighted by Crippen LogP contribution is -2.26. The summed E-state index contributed by atoms with van der Waals surface area (Å²) >= 11 is 0. The van der Waals surface area contributed by atoms with Gasteiger partial charge in [-0.15, -0.1) is 0 Å². The highest BCUT2D eigenvalue weighted by molar-refractivity contribution is 5.99. The average molecular weight is 528 g/mol. The van der Waals surface area contributed by atoms with Gasteiger partial charge in [-0.2, -0.15) is 5.10 Å². The fraction of sp³-hybridized carbons (Fsp3) is 0.219. The second-order valence-corrected chi connectivity index (χ2v) is 11.7. The molecular weight excluding hydrogens is 498 g/mol. The van der Waals surface area contributed by atoms with E-state index in [0.717, 1.165) is 68.0 Å². The highest BCUT2D eigenvalue weighted by atomic mass is 16.1. The van der Waals surface area contributed by atoms with Gasteiger partial charge in [-0.05, 0) is 66.0 Å². The molecule has 2 aliphatic rings. The molecule has 0 spiro atoms. The highest BCUT2D eigenvalue weighted by Gasteiger charge is 2.30. The Morgan fingerprint density at radius 1 is 1.02 bits per heavy atom. The Morgan fingerprint density at radius 3 is 2.70 bits per heavy atom. The highest BCUT2D eigenvalue weighted by Crippen LogP contribution is 2.43. The number of carbonyl (C=O) groups excluding carboxylic acids is 1. The summed E-state index contributed by atoms with van der Waals surface area (Å²) in [7, 11) is 0. The fourth-order valence-electron chi connectivity index (χ4n) is 5.29. The molecule has 0 aromatic carbocycles. The second kappa shape index (κ2) is 9.12. The van der Waals surface area contributed by atoms with Crippen molar-refractivity contribution in [2.24, 2.45) is 11.3 Å². The number of nitrogens with one attached hydrogen (secondary N) is 3. The summed E-state index contributed by atoms with van der Waals surface area (Å²) in [6, 6.07) is 12.0. The normalized spacial score (nSPS) is 16.7. The number of allylic oxidation sites excluding steroid dienone is 5. The monoisotopic (exact) mass is 527 g/mol. The Balaban J connectivity index is 1.26. The molecule has 0 aliphatic heterocycles. The fourth-order valence-corrected chi connectivity index (χ4v) is 5.29. The van der Waals surface area contributed by atoms with Crippen LogP contribution in [0.25, 0.3) is 50.2 Å². The van der Waals surface area contributed by atoms with Crippen molar-refractivity contribution in [1.82, 2.24) is 35.5 Å². The molecule has 5 aromatic heterocycles. The van der Waals surface area contributed by atoms with Crippen LogP contribution in [0, 0.1) is 11.3 Å². The van der Waals surface area contributed by atoms with Crippen LogP contribution in [-0.2, 0) is 4.79 Å². The minimum absolute atomic E-state index is 0.0222. The van der Waals surface area contributed by atoms with Crippen LogP contribution >= 0.6 is 0 Å². The Labute approximate surface area is 231 Å². The molecule has 8 nitrogen and oxygen atoms in total. The number of H-pyrrole nitrogens is 2. The second-order valence-electron chi connectivity index (χ2n) is 11.7. The smallest absolute Gasteiger partial charge is 0.224 e. The van der Waals surface area contributed by atoms with Crippen molar-refractivity contribution in [2.75, 3.05) is 0 Å². The van der Waals surface area contributed by atoms with E-state index in [4.69, 9.17) is 4.98 Å². The van der Waals surface area contributed by atoms with Gasteiger partial charge in [-0.3, -0.25) is 19.9 Å². The zero-order valence-electron chi connectivity index (χ0n) is 22.6. The Bertz CT molecular complexity index is 1880. The lowest BCUT2D eigenvalue weighted by atomic mass is 9.92. The van der Waals surface area contributed by atoms with Crippen molar-refractivity contribution in [3.63, 3.8) is 0 Å². The number of aromatic nitrogens is 6. The van der Waals surface area contributed by atoms with Gasteiger partial charge in [-0.25, -0.2) is 4.98 Å². The molecule has 0 radical (unpaired) electrons. The van der Waals surface area contributed by atoms with Crippen molar-refractivity contribution in [3.8, 4) is 22.6 Å². The number of hydrogen-bond acceptors (Lipinski definition) is 5. The molecule has 1 unspecified atom stereocenters. The zero-order chi connectivity index (χ0) is 27.4. The maximum absolute atomic E-state index is 12.7. The number of carbonyl (C=O) groups is 1. The molecule has 1 saturated carbocycles. The first-order valence-electron chi connectivity index (χ1n) is 13.5. The van der Waals surface area contributed by atoms with E-state index >= 15 is 0 Å². The van der Waals surface area contributed by atoms with Crippen molar-refractivity contribution < 1.29 is 4.79 Å². The number of aromatic amines is 2. The summed E-state index contributed by atoms with van der Waals surface area (Å²) in [5, 5.41) is 11.9. The Morgan fingerprint density at radius 2 is 1.88 bits per heavy atom. The summed E-state index contributed by atoms with van der Waals surface area (Å²) in [5.74, 6) is 0.409. The molecule has 7 rings (SSSR count). The first-order valence-corrected chi connectivity index (χ1v) is 13.5. The third-order valence-electron chi connectivity index (χ3n) is 7.24. The zero-order valence-corrected chi connectivity index (χ0v) is 22.6. The standard InChI is InChI=1S/C32H29N7O/c1-32(2,3)17-28(40)35-22-14-20-12-19(20)13-21(15-22)24-4-5-26-30(37-24)31(39-38-26)27-16-23-25(36-27)8-11-34-29(23)18-6-9-33-10-7-18/h4-11,13-16,19,36H,12,17H2,1-3H3,(H,35,40)(H,38,39). The molecule has 0 saturated heterocycles. The Kier molecular flexibility index (Phi) is 5.52. The maximum Gasteiger partial charge on any atom is 0.224 e. The third-order valence-corrected chi connectivity index (χ3v) is 7.24. The van der Waals surface area contributed by atoms with Crippen molar-refractivity contribution in [2.45, 2.75) is 33.6 Å². The van der Waals surface area contributed by atoms with Crippen LogP contribution < -0.4 is 5.32 Å². The minimum atomic E-state index is -0.0781. The summed E-state index contributed by atoms with van der Waals surface area (Å²) in [6.45, 7) is 6.21. The number of fused-ring (bicyclic) bond motifs is 3. The van der Waals surface area contributed by atoms with Crippen molar-refractivity contribution >= 4 is 33.4 Å². The van der Waals surface area contributed by atoms with E-state index in [1.54, 1.807) is 18.6 Å². The summed E-state index contributed by atoms with van der Waals surface area (Å²) < 4.78 is 0. The van der Waals surface area contributed by atoms with E-state index in [2.05, 4.69) is 69.5 Å². The number of rotatable bonds is 5. The molecule has 40 heavy (non-hydrogen) atoms. The van der Waals surface area contributed by atoms with Gasteiger partial charge in [0, 0.05) is 53.1 Å². The number of amides is 1. The molecule has 8 heteroatoms. The van der Waals surface area contributed by atoms with Crippen LogP contribution in [0.5, 0.6) is 0 Å². The predicted molar refractivity (Wildman–Crippen MR) is 157 cm³/mol. The maximum atomic E-state index is 12.7. The molecule has 1 amide bonds. The number of nitrogens with zero attached hydrogens (tertiary/aromatic N) is 4. The first kappa shape index (κ1) is 24.2. The molecule has 1 fully saturated rings. The van der Waals surface area contributed by atoms with Gasteiger partial charge >= 0.3 is 0 Å². The molecule has 1 atom stereocenters. The van der Waals surface area contributed by atoms with Gasteiger partial charge in [0.05, 0.1) is 22.6 Å². The van der Waals surface area contributed by atoms with Crippen molar-refractivity contribution in [1.29, 1.82) is 0 Å². The summed E-state index contributed by atoms with van der Waals surface area (Å²) in [6.07, 6.45) is 13.2. The minimum Gasteiger partial charge on any atom is -0.353 e. The van der Waals surface area contributed by atoms with Crippen LogP contribution in [0.2, 0.25) is 0 Å². The topological polar surface area (TPSA) is 112 Å². The molecule has 5 aromatic rings. The Hall–Kier alpha value is -4.85. The SMILES string of the molecule is CC(C)(C)CC(=O)NC1=CC(c2ccc3[nH]nc(-c4cc5c(-c6ccncc6)nccc5[nH]4)c3n2)=CC2CC2=C1. The summed E-state index contributed by atoms with van der Waals surface area (Å²) in [5.41, 5.74) is 10.0. The lowest BCUT2D eigenvalue weighted by Gasteiger charge is -2.17. The van der Waals surface area contributed by atoms with Crippen LogP contribution in [0.15, 0.2) is 84.5 Å². The van der Waals surface area contributed by atoms with E-state index in [1.165, 1.54) is 5.57 Å². The van der Waals surface area contributed by atoms with E-state index in [9.17, 15) is 4.79 Å². The van der Waals surface area contributed by atoms with E-state index in [1.807, 2.05) is 36.4 Å². The van der Waals surface area contributed by atoms with Crippen LogP contribution in [0.4, 0.5) is 0 Å². The molecule has 2 aliphatic carbocycles. The molecule has 198 valence electrons. The first-order chi connectivity index (χ1) is 19.3. The molecular formula is C32H29N7O. The predicted octanol–water partition coefficient (Wildman–Crippen LogP) is 6.34. The van der Waals surface area contributed by atoms with Crippen LogP contribution in [-0.4, -0.2) is 36.0 Å². The van der Waals surface area contributed by atoms with Gasteiger partial charge < -0.3 is 10.3 Å². The van der Waals surface area contributed by atoms with E-state index in [-0.39, 0.29) is 11.3 Å². The number of hydrogen-bond donors (Lipinski definition) is 3. The van der Waals surface area contributed by atoms with Gasteiger partial charge in [-0.1, -0.05) is 32.4 Å². The van der Waals surface area contributed by atoms with Gasteiger partial charge in [0.2, 0.25) is 5.91 Å². The third kappa shape index (κ3) is 4.62. The number of pyridine rings is 3. The lowest BCUT2D eigenvalue weighted by molar-refractivity contribution is -0.122. The average Bonchev–Trinajstić information content (AvgIpc) is 3.33. The van der Waals surface area contributed by atoms with Gasteiger partial charge in [0.15, 0.2) is 0 Å². The molecule has 5 heterocycles. The van der Waals surface area contributed by atoms with Crippen LogP contribution in [0.3, 0.4) is 0 Å². The van der Waals surface area contributed by atoms with Gasteiger partial charge in [0.1, 0.15) is 11.2 Å². The van der Waals surface area contributed by atoms with E-state index < -0.39 is 0 Å². The van der Waals surface area contributed by atoms with Crippen LogP contribution in [0.1, 0.15) is 39.3 Å². The largest absolute Gasteiger partial charge is 0.353 e. The molecule has 0 bridgehead atoms. The van der Waals surface area contributed by atoms with E-state index in [0.29, 0.717) is 12.3 Å².